The molecule has 2 N–H and O–H groups in total. The molecule has 2 aliphatic heterocycles. The van der Waals surface area contributed by atoms with E-state index in [-0.39, 0.29) is 24.9 Å². The summed E-state index contributed by atoms with van der Waals surface area (Å²) in [5.74, 6) is -0.533. The van der Waals surface area contributed by atoms with E-state index in [0.29, 0.717) is 19.6 Å². The number of hydrogen-bond acceptors (Lipinski definition) is 3. The van der Waals surface area contributed by atoms with Gasteiger partial charge in [0.25, 0.3) is 5.91 Å². The van der Waals surface area contributed by atoms with E-state index in [0.717, 1.165) is 12.8 Å². The fraction of sp³-hybridized carbons (Fsp3) is 0.833. The van der Waals surface area contributed by atoms with Crippen LogP contribution >= 0.6 is 0 Å². The van der Waals surface area contributed by atoms with Gasteiger partial charge in [-0.1, -0.05) is 0 Å². The number of nitrogens with one attached hydrogen (secondary N) is 2. The lowest BCUT2D eigenvalue weighted by Crippen LogP contribution is -2.55. The average Bonchev–Trinajstić information content (AvgIpc) is 2.76. The lowest BCUT2D eigenvalue weighted by Gasteiger charge is -2.35. The highest BCUT2D eigenvalue weighted by molar-refractivity contribution is 5.86. The second-order valence-corrected chi connectivity index (χ2v) is 5.18. The zero-order chi connectivity index (χ0) is 13.2. The minimum absolute atomic E-state index is 0.0434. The maximum atomic E-state index is 14.3. The third-order valence-electron chi connectivity index (χ3n) is 3.60. The molecule has 6 heteroatoms. The van der Waals surface area contributed by atoms with Crippen LogP contribution in [0.1, 0.15) is 26.2 Å². The van der Waals surface area contributed by atoms with Crippen LogP contribution in [-0.4, -0.2) is 54.6 Å². The van der Waals surface area contributed by atoms with Crippen LogP contribution in [0.4, 0.5) is 4.39 Å². The molecule has 0 aromatic carbocycles. The van der Waals surface area contributed by atoms with Crippen molar-refractivity contribution in [1.29, 1.82) is 0 Å². The summed E-state index contributed by atoms with van der Waals surface area (Å²) >= 11 is 0. The van der Waals surface area contributed by atoms with Crippen LogP contribution in [0.3, 0.4) is 0 Å². The van der Waals surface area contributed by atoms with Gasteiger partial charge in [-0.25, -0.2) is 4.39 Å². The summed E-state index contributed by atoms with van der Waals surface area (Å²) < 4.78 is 14.3. The van der Waals surface area contributed by atoms with Crippen LogP contribution in [0, 0.1) is 0 Å². The van der Waals surface area contributed by atoms with E-state index in [1.54, 1.807) is 4.90 Å². The molecule has 0 saturated carbocycles. The van der Waals surface area contributed by atoms with Crippen LogP contribution < -0.4 is 10.6 Å². The van der Waals surface area contributed by atoms with E-state index < -0.39 is 11.6 Å². The topological polar surface area (TPSA) is 61.4 Å². The van der Waals surface area contributed by atoms with Gasteiger partial charge in [0, 0.05) is 39.0 Å². The van der Waals surface area contributed by atoms with E-state index in [1.165, 1.54) is 6.92 Å². The highest BCUT2D eigenvalue weighted by Gasteiger charge is 2.44. The summed E-state index contributed by atoms with van der Waals surface area (Å²) in [6.07, 6.45) is 1.90. The van der Waals surface area contributed by atoms with Crippen molar-refractivity contribution in [2.75, 3.05) is 26.2 Å². The van der Waals surface area contributed by atoms with Crippen LogP contribution in [0.2, 0.25) is 0 Å². The summed E-state index contributed by atoms with van der Waals surface area (Å²) in [6, 6.07) is -0.0434. The Hall–Kier alpha value is -1.17. The third kappa shape index (κ3) is 2.80. The van der Waals surface area contributed by atoms with Gasteiger partial charge in [-0.15, -0.1) is 0 Å². The van der Waals surface area contributed by atoms with Crippen molar-refractivity contribution in [2.45, 2.75) is 37.9 Å². The van der Waals surface area contributed by atoms with Crippen molar-refractivity contribution in [3.63, 3.8) is 0 Å². The number of alkyl halides is 1. The summed E-state index contributed by atoms with van der Waals surface area (Å²) in [5, 5.41) is 5.68. The molecule has 0 aliphatic carbocycles. The molecule has 0 aromatic rings. The highest BCUT2D eigenvalue weighted by Crippen LogP contribution is 2.24. The first-order valence-electron chi connectivity index (χ1n) is 6.47. The van der Waals surface area contributed by atoms with E-state index in [1.807, 2.05) is 0 Å². The molecule has 2 aliphatic rings. The lowest BCUT2D eigenvalue weighted by molar-refractivity contribution is -0.144. The van der Waals surface area contributed by atoms with Gasteiger partial charge in [0.2, 0.25) is 11.6 Å². The summed E-state index contributed by atoms with van der Waals surface area (Å²) in [7, 11) is 0. The number of carbonyl (C=O) groups is 2. The van der Waals surface area contributed by atoms with Gasteiger partial charge in [0.15, 0.2) is 0 Å². The highest BCUT2D eigenvalue weighted by atomic mass is 19.1. The maximum Gasteiger partial charge on any atom is 0.261 e. The van der Waals surface area contributed by atoms with Crippen molar-refractivity contribution in [3.8, 4) is 0 Å². The SMILES string of the molecule is CC(=O)N[C@H]1CCCN(C(=O)[C@]2(F)CCNC2)C1. The normalized spacial score (nSPS) is 32.3. The largest absolute Gasteiger partial charge is 0.352 e. The van der Waals surface area contributed by atoms with Gasteiger partial charge in [-0.2, -0.15) is 0 Å². The number of halogens is 1. The first-order valence-corrected chi connectivity index (χ1v) is 6.47. The minimum Gasteiger partial charge on any atom is -0.352 e. The fourth-order valence-electron chi connectivity index (χ4n) is 2.69. The molecule has 2 amide bonds. The molecule has 0 aromatic heterocycles. The van der Waals surface area contributed by atoms with Crippen molar-refractivity contribution in [2.24, 2.45) is 0 Å². The van der Waals surface area contributed by atoms with Gasteiger partial charge in [0.05, 0.1) is 0 Å². The Morgan fingerprint density at radius 1 is 1.50 bits per heavy atom. The summed E-state index contributed by atoms with van der Waals surface area (Å²) in [4.78, 5) is 24.7. The molecule has 5 nitrogen and oxygen atoms in total. The van der Waals surface area contributed by atoms with Crippen molar-refractivity contribution < 1.29 is 14.0 Å². The zero-order valence-corrected chi connectivity index (χ0v) is 10.7. The quantitative estimate of drug-likeness (QED) is 0.721. The maximum absolute atomic E-state index is 14.3. The smallest absolute Gasteiger partial charge is 0.261 e. The van der Waals surface area contributed by atoms with Gasteiger partial charge in [-0.3, -0.25) is 9.59 Å². The molecule has 0 unspecified atom stereocenters. The molecule has 2 saturated heterocycles. The monoisotopic (exact) mass is 257 g/mol. The average molecular weight is 257 g/mol. The molecule has 18 heavy (non-hydrogen) atoms. The number of piperidine rings is 1. The number of hydrogen-bond donors (Lipinski definition) is 2. The van der Waals surface area contributed by atoms with Gasteiger partial charge < -0.3 is 15.5 Å². The third-order valence-corrected chi connectivity index (χ3v) is 3.60. The first-order chi connectivity index (χ1) is 8.51. The lowest BCUT2D eigenvalue weighted by atomic mass is 9.99. The van der Waals surface area contributed by atoms with Crippen molar-refractivity contribution in [3.05, 3.63) is 0 Å². The molecule has 2 rings (SSSR count). The van der Waals surface area contributed by atoms with E-state index in [4.69, 9.17) is 0 Å². The Bertz CT molecular complexity index is 342. The molecule has 102 valence electrons. The van der Waals surface area contributed by atoms with Gasteiger partial charge in [0.1, 0.15) is 0 Å². The van der Waals surface area contributed by atoms with E-state index in [2.05, 4.69) is 10.6 Å². The Balaban J connectivity index is 1.95. The molecule has 0 radical (unpaired) electrons. The number of nitrogens with zero attached hydrogens (tertiary/aromatic N) is 1. The standard InChI is InChI=1S/C12H20FN3O2/c1-9(17)15-10-3-2-6-16(7-10)11(18)12(13)4-5-14-8-12/h10,14H,2-8H2,1H3,(H,15,17)/t10-,12-/m0/s1. The molecule has 2 fully saturated rings. The Kier molecular flexibility index (Phi) is 3.85. The van der Waals surface area contributed by atoms with Crippen molar-refractivity contribution in [1.82, 2.24) is 15.5 Å². The molecule has 2 heterocycles. The van der Waals surface area contributed by atoms with Gasteiger partial charge in [-0.05, 0) is 19.4 Å². The van der Waals surface area contributed by atoms with Crippen LogP contribution in [0.25, 0.3) is 0 Å². The van der Waals surface area contributed by atoms with Gasteiger partial charge >= 0.3 is 0 Å². The molecule has 0 bridgehead atoms. The number of amides is 2. The van der Waals surface area contributed by atoms with E-state index >= 15 is 0 Å². The number of rotatable bonds is 2. The first kappa shape index (κ1) is 13.3. The summed E-state index contributed by atoms with van der Waals surface area (Å²) in [6.45, 7) is 3.11. The second kappa shape index (κ2) is 5.22. The van der Waals surface area contributed by atoms with Crippen LogP contribution in [0.15, 0.2) is 0 Å². The second-order valence-electron chi connectivity index (χ2n) is 5.18. The van der Waals surface area contributed by atoms with Crippen molar-refractivity contribution >= 4 is 11.8 Å². The van der Waals surface area contributed by atoms with Crippen LogP contribution in [0.5, 0.6) is 0 Å². The fourth-order valence-corrected chi connectivity index (χ4v) is 2.69. The van der Waals surface area contributed by atoms with E-state index in [9.17, 15) is 14.0 Å². The molecular weight excluding hydrogens is 237 g/mol. The predicted octanol–water partition coefficient (Wildman–Crippen LogP) is -0.185. The predicted molar refractivity (Wildman–Crippen MR) is 64.7 cm³/mol. The number of carbonyl (C=O) groups excluding carboxylic acids is 2. The Morgan fingerprint density at radius 2 is 2.28 bits per heavy atom. The Morgan fingerprint density at radius 3 is 2.89 bits per heavy atom. The number of likely N-dealkylation sites (tertiary alicyclic amines) is 1. The molecular formula is C12H20FN3O2. The minimum atomic E-state index is -1.75. The van der Waals surface area contributed by atoms with Crippen LogP contribution in [-0.2, 0) is 9.59 Å². The molecule has 2 atom stereocenters. The Labute approximate surface area is 106 Å². The summed E-state index contributed by atoms with van der Waals surface area (Å²) in [5.41, 5.74) is -1.75. The zero-order valence-electron chi connectivity index (χ0n) is 10.7. The molecule has 0 spiro atoms.